The van der Waals surface area contributed by atoms with E-state index in [1.165, 1.54) is 18.3 Å². The van der Waals surface area contributed by atoms with E-state index < -0.39 is 11.7 Å². The zero-order chi connectivity index (χ0) is 15.6. The van der Waals surface area contributed by atoms with Crippen LogP contribution in [0.25, 0.3) is 0 Å². The largest absolute Gasteiger partial charge is 0.507 e. The molecule has 0 fully saturated rings. The SMILES string of the molecule is Oc1ccc(Br)cc1C=Nc1ccc(Cl)c(C(F)(F)F)c1. The van der Waals surface area contributed by atoms with Gasteiger partial charge in [0.25, 0.3) is 0 Å². The third kappa shape index (κ3) is 3.98. The van der Waals surface area contributed by atoms with Gasteiger partial charge in [-0.05, 0) is 36.4 Å². The summed E-state index contributed by atoms with van der Waals surface area (Å²) in [5.74, 6) is -0.0213. The topological polar surface area (TPSA) is 32.6 Å². The molecule has 0 saturated carbocycles. The summed E-state index contributed by atoms with van der Waals surface area (Å²) < 4.78 is 38.9. The number of halogens is 5. The van der Waals surface area contributed by atoms with E-state index in [0.29, 0.717) is 10.0 Å². The van der Waals surface area contributed by atoms with Crippen molar-refractivity contribution in [2.24, 2.45) is 4.99 Å². The van der Waals surface area contributed by atoms with Crippen molar-refractivity contribution in [3.05, 3.63) is 57.0 Å². The van der Waals surface area contributed by atoms with E-state index in [0.717, 1.165) is 12.1 Å². The highest BCUT2D eigenvalue weighted by Gasteiger charge is 2.33. The number of benzene rings is 2. The maximum atomic E-state index is 12.7. The molecule has 0 amide bonds. The van der Waals surface area contributed by atoms with Crippen molar-refractivity contribution in [2.45, 2.75) is 6.18 Å². The van der Waals surface area contributed by atoms with Crippen molar-refractivity contribution in [1.82, 2.24) is 0 Å². The predicted molar refractivity (Wildman–Crippen MR) is 79.5 cm³/mol. The van der Waals surface area contributed by atoms with E-state index in [9.17, 15) is 18.3 Å². The van der Waals surface area contributed by atoms with E-state index in [4.69, 9.17) is 11.6 Å². The smallest absolute Gasteiger partial charge is 0.417 e. The molecule has 2 aromatic carbocycles. The molecule has 0 spiro atoms. The fraction of sp³-hybridized carbons (Fsp3) is 0.0714. The summed E-state index contributed by atoms with van der Waals surface area (Å²) in [6.07, 6.45) is -3.26. The Morgan fingerprint density at radius 2 is 1.86 bits per heavy atom. The lowest BCUT2D eigenvalue weighted by Crippen LogP contribution is -2.05. The summed E-state index contributed by atoms with van der Waals surface area (Å²) in [6.45, 7) is 0. The van der Waals surface area contributed by atoms with Crippen molar-refractivity contribution in [1.29, 1.82) is 0 Å². The first-order chi connectivity index (χ1) is 9.77. The minimum atomic E-state index is -4.54. The molecular weight excluding hydrogens is 371 g/mol. The van der Waals surface area contributed by atoms with Crippen LogP contribution in [-0.2, 0) is 6.18 Å². The van der Waals surface area contributed by atoms with Crippen LogP contribution in [0.15, 0.2) is 45.9 Å². The Balaban J connectivity index is 2.36. The van der Waals surface area contributed by atoms with Gasteiger partial charge in [0.1, 0.15) is 5.75 Å². The lowest BCUT2D eigenvalue weighted by molar-refractivity contribution is -0.137. The molecule has 110 valence electrons. The van der Waals surface area contributed by atoms with Crippen LogP contribution >= 0.6 is 27.5 Å². The number of hydrogen-bond acceptors (Lipinski definition) is 2. The van der Waals surface area contributed by atoms with Crippen LogP contribution in [-0.4, -0.2) is 11.3 Å². The number of hydrogen-bond donors (Lipinski definition) is 1. The first kappa shape index (κ1) is 15.9. The average Bonchev–Trinajstić information content (AvgIpc) is 2.40. The first-order valence-corrected chi connectivity index (χ1v) is 6.84. The molecule has 0 bridgehead atoms. The fourth-order valence-electron chi connectivity index (χ4n) is 1.58. The molecule has 0 aliphatic rings. The summed E-state index contributed by atoms with van der Waals surface area (Å²) in [7, 11) is 0. The maximum absolute atomic E-state index is 12.7. The van der Waals surface area contributed by atoms with Gasteiger partial charge >= 0.3 is 6.18 Å². The van der Waals surface area contributed by atoms with Crippen molar-refractivity contribution in [3.8, 4) is 5.75 Å². The van der Waals surface area contributed by atoms with Crippen LogP contribution in [0.1, 0.15) is 11.1 Å². The molecule has 2 nitrogen and oxygen atoms in total. The van der Waals surface area contributed by atoms with Gasteiger partial charge < -0.3 is 5.11 Å². The number of alkyl halides is 3. The van der Waals surface area contributed by atoms with E-state index in [-0.39, 0.29) is 16.5 Å². The van der Waals surface area contributed by atoms with E-state index >= 15 is 0 Å². The molecule has 0 aliphatic carbocycles. The quantitative estimate of drug-likeness (QED) is 0.680. The molecular formula is C14H8BrClF3NO. The summed E-state index contributed by atoms with van der Waals surface area (Å²) in [6, 6.07) is 8.04. The lowest BCUT2D eigenvalue weighted by atomic mass is 10.2. The number of rotatable bonds is 2. The number of phenolic OH excluding ortho intramolecular Hbond substituents is 1. The second kappa shape index (κ2) is 6.07. The number of aliphatic imine (C=N–C) groups is 1. The Morgan fingerprint density at radius 3 is 2.52 bits per heavy atom. The molecule has 0 aromatic heterocycles. The van der Waals surface area contributed by atoms with Crippen LogP contribution in [0.4, 0.5) is 18.9 Å². The fourth-order valence-corrected chi connectivity index (χ4v) is 2.19. The second-order valence-corrected chi connectivity index (χ2v) is 5.45. The Kier molecular flexibility index (Phi) is 4.58. The highest BCUT2D eigenvalue weighted by molar-refractivity contribution is 9.10. The molecule has 0 atom stereocenters. The van der Waals surface area contributed by atoms with Crippen LogP contribution < -0.4 is 0 Å². The monoisotopic (exact) mass is 377 g/mol. The number of nitrogens with zero attached hydrogens (tertiary/aromatic N) is 1. The third-order valence-corrected chi connectivity index (χ3v) is 3.42. The Bertz CT molecular complexity index is 701. The van der Waals surface area contributed by atoms with Gasteiger partial charge in [0.2, 0.25) is 0 Å². The molecule has 2 aromatic rings. The Labute approximate surface area is 132 Å². The van der Waals surface area contributed by atoms with Crippen LogP contribution in [0.5, 0.6) is 5.75 Å². The molecule has 0 radical (unpaired) electrons. The summed E-state index contributed by atoms with van der Waals surface area (Å²) >= 11 is 8.76. The maximum Gasteiger partial charge on any atom is 0.417 e. The lowest BCUT2D eigenvalue weighted by Gasteiger charge is -2.09. The molecule has 0 aliphatic heterocycles. The standard InChI is InChI=1S/C14H8BrClF3NO/c15-9-1-4-13(21)8(5-9)7-20-10-2-3-12(16)11(6-10)14(17,18)19/h1-7,21H. The molecule has 21 heavy (non-hydrogen) atoms. The van der Waals surface area contributed by atoms with Crippen LogP contribution in [0.2, 0.25) is 5.02 Å². The van der Waals surface area contributed by atoms with Gasteiger partial charge in [0.05, 0.1) is 16.3 Å². The van der Waals surface area contributed by atoms with Gasteiger partial charge in [0, 0.05) is 16.3 Å². The third-order valence-electron chi connectivity index (χ3n) is 2.60. The molecule has 7 heteroatoms. The zero-order valence-electron chi connectivity index (χ0n) is 10.3. The van der Waals surface area contributed by atoms with Crippen molar-refractivity contribution in [3.63, 3.8) is 0 Å². The molecule has 2 rings (SSSR count). The average molecular weight is 379 g/mol. The molecule has 0 unspecified atom stereocenters. The summed E-state index contributed by atoms with van der Waals surface area (Å²) in [5, 5.41) is 9.25. The van der Waals surface area contributed by atoms with Crippen molar-refractivity contribution < 1.29 is 18.3 Å². The summed E-state index contributed by atoms with van der Waals surface area (Å²) in [5.41, 5.74) is -0.476. The van der Waals surface area contributed by atoms with Crippen LogP contribution in [0.3, 0.4) is 0 Å². The van der Waals surface area contributed by atoms with Gasteiger partial charge in [-0.25, -0.2) is 0 Å². The van der Waals surface area contributed by atoms with Gasteiger partial charge in [-0.2, -0.15) is 13.2 Å². The Hall–Kier alpha value is -1.53. The first-order valence-electron chi connectivity index (χ1n) is 5.67. The summed E-state index contributed by atoms with van der Waals surface area (Å²) in [4.78, 5) is 3.93. The molecule has 0 saturated heterocycles. The minimum Gasteiger partial charge on any atom is -0.507 e. The van der Waals surface area contributed by atoms with E-state index in [2.05, 4.69) is 20.9 Å². The normalized spacial score (nSPS) is 12.0. The van der Waals surface area contributed by atoms with Gasteiger partial charge in [-0.1, -0.05) is 27.5 Å². The minimum absolute atomic E-state index is 0.0213. The number of aromatic hydroxyl groups is 1. The highest BCUT2D eigenvalue weighted by atomic mass is 79.9. The Morgan fingerprint density at radius 1 is 1.14 bits per heavy atom. The number of phenols is 1. The van der Waals surface area contributed by atoms with Crippen LogP contribution in [0, 0.1) is 0 Å². The second-order valence-electron chi connectivity index (χ2n) is 4.12. The van der Waals surface area contributed by atoms with Gasteiger partial charge in [-0.15, -0.1) is 0 Å². The molecule has 1 N–H and O–H groups in total. The van der Waals surface area contributed by atoms with E-state index in [1.807, 2.05) is 0 Å². The zero-order valence-corrected chi connectivity index (χ0v) is 12.7. The van der Waals surface area contributed by atoms with E-state index in [1.54, 1.807) is 12.1 Å². The predicted octanol–water partition coefficient (Wildman–Crippen LogP) is 5.58. The van der Waals surface area contributed by atoms with Gasteiger partial charge in [-0.3, -0.25) is 4.99 Å². The van der Waals surface area contributed by atoms with Gasteiger partial charge in [0.15, 0.2) is 0 Å². The van der Waals surface area contributed by atoms with Crippen molar-refractivity contribution in [2.75, 3.05) is 0 Å². The molecule has 0 heterocycles. The van der Waals surface area contributed by atoms with Crippen molar-refractivity contribution >= 4 is 39.4 Å². The highest BCUT2D eigenvalue weighted by Crippen LogP contribution is 2.36.